The van der Waals surface area contributed by atoms with Crippen LogP contribution in [0.1, 0.15) is 56.1 Å². The fourth-order valence-corrected chi connectivity index (χ4v) is 4.59. The minimum atomic E-state index is -4.37. The van der Waals surface area contributed by atoms with Crippen LogP contribution in [-0.2, 0) is 21.1 Å². The molecule has 28 heavy (non-hydrogen) atoms. The number of rotatable bonds is 5. The van der Waals surface area contributed by atoms with Crippen LogP contribution in [0.5, 0.6) is 0 Å². The lowest BCUT2D eigenvalue weighted by Gasteiger charge is -2.40. The number of nitrogens with one attached hydrogen (secondary N) is 2. The van der Waals surface area contributed by atoms with Gasteiger partial charge in [-0.2, -0.15) is 13.2 Å². The van der Waals surface area contributed by atoms with Gasteiger partial charge in [-0.25, -0.2) is 0 Å². The van der Waals surface area contributed by atoms with E-state index in [1.807, 2.05) is 0 Å². The first kappa shape index (κ1) is 21.1. The summed E-state index contributed by atoms with van der Waals surface area (Å²) in [6.07, 6.45) is 1.33. The van der Waals surface area contributed by atoms with E-state index in [9.17, 15) is 18.0 Å². The minimum absolute atomic E-state index is 0.159. The van der Waals surface area contributed by atoms with Crippen LogP contribution in [0.4, 0.5) is 13.2 Å². The van der Waals surface area contributed by atoms with Crippen LogP contribution >= 0.6 is 0 Å². The molecular weight excluding hydrogens is 369 g/mol. The van der Waals surface area contributed by atoms with Crippen molar-refractivity contribution >= 4 is 5.91 Å². The van der Waals surface area contributed by atoms with E-state index in [4.69, 9.17) is 4.74 Å². The molecule has 0 spiro atoms. The molecule has 1 heterocycles. The Bertz CT molecular complexity index is 678. The van der Waals surface area contributed by atoms with Gasteiger partial charge in [-0.1, -0.05) is 37.5 Å². The molecule has 156 valence electrons. The van der Waals surface area contributed by atoms with Crippen molar-refractivity contribution in [2.75, 3.05) is 26.7 Å². The van der Waals surface area contributed by atoms with Crippen molar-refractivity contribution in [3.63, 3.8) is 0 Å². The molecule has 1 amide bonds. The van der Waals surface area contributed by atoms with Crippen molar-refractivity contribution in [1.82, 2.24) is 10.6 Å². The Morgan fingerprint density at radius 2 is 1.82 bits per heavy atom. The van der Waals surface area contributed by atoms with Gasteiger partial charge in [-0.15, -0.1) is 0 Å². The molecule has 7 heteroatoms. The molecule has 1 saturated carbocycles. The van der Waals surface area contributed by atoms with Gasteiger partial charge in [0.15, 0.2) is 0 Å². The highest BCUT2D eigenvalue weighted by Crippen LogP contribution is 2.41. The normalized spacial score (nSPS) is 21.9. The first-order chi connectivity index (χ1) is 13.3. The van der Waals surface area contributed by atoms with Gasteiger partial charge >= 0.3 is 6.18 Å². The minimum Gasteiger partial charge on any atom is -0.368 e. The summed E-state index contributed by atoms with van der Waals surface area (Å²) in [7, 11) is 1.55. The van der Waals surface area contributed by atoms with E-state index in [1.165, 1.54) is 12.1 Å². The molecule has 3 rings (SSSR count). The number of ether oxygens (including phenoxy) is 1. The van der Waals surface area contributed by atoms with E-state index in [1.54, 1.807) is 13.2 Å². The predicted molar refractivity (Wildman–Crippen MR) is 101 cm³/mol. The molecule has 2 fully saturated rings. The van der Waals surface area contributed by atoms with Crippen molar-refractivity contribution in [1.29, 1.82) is 0 Å². The van der Waals surface area contributed by atoms with Crippen molar-refractivity contribution in [3.05, 3.63) is 35.4 Å². The molecule has 2 N–H and O–H groups in total. The standard InChI is InChI=1S/C21H29F3N2O2/c1-28-20(10-12-25-13-11-20)18(27)26-15-19(8-3-2-4-9-19)16-6-5-7-17(14-16)21(22,23)24/h5-7,14,25H,2-4,8-13,15H2,1H3,(H,26,27). The van der Waals surface area contributed by atoms with E-state index in [2.05, 4.69) is 10.6 Å². The third kappa shape index (κ3) is 4.35. The van der Waals surface area contributed by atoms with Crippen molar-refractivity contribution in [2.24, 2.45) is 0 Å². The first-order valence-electron chi connectivity index (χ1n) is 10.0. The van der Waals surface area contributed by atoms with Gasteiger partial charge in [0, 0.05) is 19.1 Å². The van der Waals surface area contributed by atoms with E-state index in [0.717, 1.165) is 38.2 Å². The predicted octanol–water partition coefficient (Wildman–Crippen LogP) is 3.79. The second-order valence-corrected chi connectivity index (χ2v) is 8.05. The Morgan fingerprint density at radius 3 is 2.43 bits per heavy atom. The SMILES string of the molecule is COC1(C(=O)NCC2(c3cccc(C(F)(F)F)c3)CCCCC2)CCNCC1. The zero-order valence-corrected chi connectivity index (χ0v) is 16.3. The lowest BCUT2D eigenvalue weighted by molar-refractivity contribution is -0.147. The van der Waals surface area contributed by atoms with Crippen LogP contribution in [0.2, 0.25) is 0 Å². The number of piperidine rings is 1. The molecule has 0 atom stereocenters. The topological polar surface area (TPSA) is 50.4 Å². The maximum atomic E-state index is 13.2. The largest absolute Gasteiger partial charge is 0.416 e. The number of hydrogen-bond donors (Lipinski definition) is 2. The number of methoxy groups -OCH3 is 1. The monoisotopic (exact) mass is 398 g/mol. The summed E-state index contributed by atoms with van der Waals surface area (Å²) < 4.78 is 45.2. The maximum Gasteiger partial charge on any atom is 0.416 e. The van der Waals surface area contributed by atoms with Gasteiger partial charge in [-0.05, 0) is 50.4 Å². The second kappa shape index (κ2) is 8.41. The van der Waals surface area contributed by atoms with Gasteiger partial charge in [-0.3, -0.25) is 4.79 Å². The maximum absolute atomic E-state index is 13.2. The molecule has 0 unspecified atom stereocenters. The third-order valence-corrected chi connectivity index (χ3v) is 6.42. The van der Waals surface area contributed by atoms with E-state index in [-0.39, 0.29) is 5.91 Å². The lowest BCUT2D eigenvalue weighted by atomic mass is 9.69. The van der Waals surface area contributed by atoms with E-state index in [0.29, 0.717) is 38.0 Å². The van der Waals surface area contributed by atoms with Gasteiger partial charge in [0.1, 0.15) is 5.60 Å². The third-order valence-electron chi connectivity index (χ3n) is 6.42. The molecule has 0 aromatic heterocycles. The van der Waals surface area contributed by atoms with Gasteiger partial charge in [0.2, 0.25) is 0 Å². The average Bonchev–Trinajstić information content (AvgIpc) is 2.72. The number of hydrogen-bond acceptors (Lipinski definition) is 3. The van der Waals surface area contributed by atoms with Gasteiger partial charge in [0.25, 0.3) is 5.91 Å². The highest BCUT2D eigenvalue weighted by Gasteiger charge is 2.42. The second-order valence-electron chi connectivity index (χ2n) is 8.05. The number of benzene rings is 1. The Balaban J connectivity index is 1.82. The van der Waals surface area contributed by atoms with Crippen LogP contribution in [0.15, 0.2) is 24.3 Å². The molecule has 1 aromatic carbocycles. The van der Waals surface area contributed by atoms with Crippen molar-refractivity contribution in [3.8, 4) is 0 Å². The number of amides is 1. The molecule has 2 aliphatic rings. The summed E-state index contributed by atoms with van der Waals surface area (Å²) in [4.78, 5) is 12.9. The first-order valence-corrected chi connectivity index (χ1v) is 10.0. The fraction of sp³-hybridized carbons (Fsp3) is 0.667. The summed E-state index contributed by atoms with van der Waals surface area (Å²) in [5.74, 6) is -0.159. The molecule has 1 aromatic rings. The Morgan fingerprint density at radius 1 is 1.14 bits per heavy atom. The van der Waals surface area contributed by atoms with Crippen LogP contribution < -0.4 is 10.6 Å². The number of alkyl halides is 3. The van der Waals surface area contributed by atoms with E-state index >= 15 is 0 Å². The van der Waals surface area contributed by atoms with Crippen molar-refractivity contribution < 1.29 is 22.7 Å². The van der Waals surface area contributed by atoms with Crippen LogP contribution in [-0.4, -0.2) is 38.3 Å². The molecule has 0 bridgehead atoms. The van der Waals surface area contributed by atoms with Crippen LogP contribution in [0.25, 0.3) is 0 Å². The van der Waals surface area contributed by atoms with Crippen LogP contribution in [0.3, 0.4) is 0 Å². The van der Waals surface area contributed by atoms with Crippen molar-refractivity contribution in [2.45, 2.75) is 62.1 Å². The molecule has 4 nitrogen and oxygen atoms in total. The summed E-state index contributed by atoms with van der Waals surface area (Å²) in [5.41, 5.74) is -1.28. The van der Waals surface area contributed by atoms with Gasteiger partial charge in [0.05, 0.1) is 5.56 Å². The molecule has 1 aliphatic carbocycles. The molecular formula is C21H29F3N2O2. The number of carbonyl (C=O) groups is 1. The molecule has 1 aliphatic heterocycles. The zero-order chi connectivity index (χ0) is 20.3. The summed E-state index contributed by atoms with van der Waals surface area (Å²) >= 11 is 0. The van der Waals surface area contributed by atoms with Gasteiger partial charge < -0.3 is 15.4 Å². The zero-order valence-electron chi connectivity index (χ0n) is 16.3. The quantitative estimate of drug-likeness (QED) is 0.794. The Hall–Kier alpha value is -1.60. The number of halogens is 3. The summed E-state index contributed by atoms with van der Waals surface area (Å²) in [6.45, 7) is 1.76. The molecule has 1 saturated heterocycles. The summed E-state index contributed by atoms with van der Waals surface area (Å²) in [6, 6.07) is 5.60. The summed E-state index contributed by atoms with van der Waals surface area (Å²) in [5, 5.41) is 6.26. The Labute approximate surface area is 164 Å². The lowest BCUT2D eigenvalue weighted by Crippen LogP contribution is -2.56. The van der Waals surface area contributed by atoms with Crippen LogP contribution in [0, 0.1) is 0 Å². The Kier molecular flexibility index (Phi) is 6.34. The number of carbonyl (C=O) groups excluding carboxylic acids is 1. The van der Waals surface area contributed by atoms with E-state index < -0.39 is 22.8 Å². The molecule has 0 radical (unpaired) electrons. The average molecular weight is 398 g/mol. The smallest absolute Gasteiger partial charge is 0.368 e. The highest BCUT2D eigenvalue weighted by molar-refractivity contribution is 5.85. The fourth-order valence-electron chi connectivity index (χ4n) is 4.59. The highest BCUT2D eigenvalue weighted by atomic mass is 19.4.